The summed E-state index contributed by atoms with van der Waals surface area (Å²) in [5.74, 6) is 0.137. The first-order valence-corrected chi connectivity index (χ1v) is 9.63. The quantitative estimate of drug-likeness (QED) is 0.581. The smallest absolute Gasteiger partial charge is 0.408 e. The number of aromatic nitrogens is 4. The molecule has 0 bridgehead atoms. The number of carbonyl (C=O) groups is 2. The van der Waals surface area contributed by atoms with Gasteiger partial charge in [-0.1, -0.05) is 60.6 Å². The maximum atomic E-state index is 12.6. The van der Waals surface area contributed by atoms with Gasteiger partial charge in [-0.2, -0.15) is 4.80 Å². The van der Waals surface area contributed by atoms with Gasteiger partial charge in [0, 0.05) is 12.7 Å². The predicted molar refractivity (Wildman–Crippen MR) is 111 cm³/mol. The topological polar surface area (TPSA) is 102 Å². The number of Topliss-reactive ketones (excluding diaryl/α,β-unsaturated/α-hetero) is 1. The highest BCUT2D eigenvalue weighted by Crippen LogP contribution is 2.18. The lowest BCUT2D eigenvalue weighted by molar-refractivity contribution is -0.122. The van der Waals surface area contributed by atoms with Gasteiger partial charge in [0.2, 0.25) is 0 Å². The zero-order chi connectivity index (χ0) is 21.3. The minimum Gasteiger partial charge on any atom is -0.445 e. The molecular weight excluding hydrogens is 384 g/mol. The summed E-state index contributed by atoms with van der Waals surface area (Å²) in [7, 11) is 1.82. The second-order valence-corrected chi connectivity index (χ2v) is 6.65. The lowest BCUT2D eigenvalue weighted by Crippen LogP contribution is -2.42. The van der Waals surface area contributed by atoms with Crippen molar-refractivity contribution in [1.29, 1.82) is 0 Å². The Balaban J connectivity index is 1.53. The molecule has 0 aliphatic heterocycles. The molecule has 0 saturated heterocycles. The first-order valence-electron chi connectivity index (χ1n) is 9.63. The van der Waals surface area contributed by atoms with Crippen molar-refractivity contribution in [3.8, 4) is 0 Å². The van der Waals surface area contributed by atoms with Gasteiger partial charge >= 0.3 is 6.09 Å². The van der Waals surface area contributed by atoms with Crippen LogP contribution >= 0.6 is 0 Å². The standard InChI is InChI=1S/C21H24N6O3/c1-3-18(22-21(29)30-15-16-10-6-4-7-11-16)19(28)14-27-24-20(23-25-27)26(2)17-12-8-5-9-13-17/h4-13,18H,3,14-15H2,1-2H3,(H,22,29). The van der Waals surface area contributed by atoms with E-state index in [0.717, 1.165) is 11.3 Å². The molecule has 9 nitrogen and oxygen atoms in total. The van der Waals surface area contributed by atoms with Gasteiger partial charge < -0.3 is 15.0 Å². The Bertz CT molecular complexity index is 961. The van der Waals surface area contributed by atoms with Gasteiger partial charge in [-0.25, -0.2) is 4.79 Å². The number of para-hydroxylation sites is 1. The van der Waals surface area contributed by atoms with Crippen LogP contribution in [0.15, 0.2) is 60.7 Å². The van der Waals surface area contributed by atoms with Crippen LogP contribution in [0.1, 0.15) is 18.9 Å². The Labute approximate surface area is 174 Å². The van der Waals surface area contributed by atoms with Gasteiger partial charge in [-0.15, -0.1) is 5.10 Å². The van der Waals surface area contributed by atoms with E-state index >= 15 is 0 Å². The van der Waals surface area contributed by atoms with Crippen LogP contribution in [0.3, 0.4) is 0 Å². The minimum absolute atomic E-state index is 0.104. The summed E-state index contributed by atoms with van der Waals surface area (Å²) in [5, 5.41) is 14.8. The fraction of sp³-hybridized carbons (Fsp3) is 0.286. The number of hydrogen-bond acceptors (Lipinski definition) is 7. The summed E-state index contributed by atoms with van der Waals surface area (Å²) < 4.78 is 5.19. The molecule has 3 aromatic rings. The molecular formula is C21H24N6O3. The van der Waals surface area contributed by atoms with Crippen LogP contribution in [0.4, 0.5) is 16.4 Å². The van der Waals surface area contributed by atoms with Crippen molar-refractivity contribution in [1.82, 2.24) is 25.5 Å². The summed E-state index contributed by atoms with van der Waals surface area (Å²) in [6, 6.07) is 18.2. The van der Waals surface area contributed by atoms with Crippen molar-refractivity contribution in [3.05, 3.63) is 66.2 Å². The molecule has 1 aromatic heterocycles. The third kappa shape index (κ3) is 5.63. The first kappa shape index (κ1) is 21.0. The molecule has 1 atom stereocenters. The zero-order valence-electron chi connectivity index (χ0n) is 16.9. The molecule has 9 heteroatoms. The minimum atomic E-state index is -0.699. The van der Waals surface area contributed by atoms with Crippen LogP contribution in [0.25, 0.3) is 0 Å². The fourth-order valence-electron chi connectivity index (χ4n) is 2.77. The lowest BCUT2D eigenvalue weighted by atomic mass is 10.1. The summed E-state index contributed by atoms with van der Waals surface area (Å²) in [5.41, 5.74) is 1.77. The number of benzene rings is 2. The van der Waals surface area contributed by atoms with E-state index < -0.39 is 12.1 Å². The zero-order valence-corrected chi connectivity index (χ0v) is 16.9. The lowest BCUT2D eigenvalue weighted by Gasteiger charge is -2.15. The number of ketones is 1. The SMILES string of the molecule is CCC(NC(=O)OCc1ccccc1)C(=O)Cn1nnc(N(C)c2ccccc2)n1. The number of hydrogen-bond donors (Lipinski definition) is 1. The number of anilines is 2. The van der Waals surface area contributed by atoms with Crippen LogP contribution in [0, 0.1) is 0 Å². The normalized spacial score (nSPS) is 11.5. The molecule has 0 aliphatic rings. The Hall–Kier alpha value is -3.75. The van der Waals surface area contributed by atoms with Crippen LogP contribution in [0.5, 0.6) is 0 Å². The number of carbonyl (C=O) groups excluding carboxylic acids is 2. The molecule has 2 aromatic carbocycles. The van der Waals surface area contributed by atoms with Gasteiger partial charge in [0.25, 0.3) is 5.95 Å². The van der Waals surface area contributed by atoms with Crippen molar-refractivity contribution in [2.45, 2.75) is 32.5 Å². The summed E-state index contributed by atoms with van der Waals surface area (Å²) in [6.45, 7) is 1.84. The van der Waals surface area contributed by atoms with Crippen LogP contribution in [0.2, 0.25) is 0 Å². The number of alkyl carbamates (subject to hydrolysis) is 1. The van der Waals surface area contributed by atoms with E-state index in [1.807, 2.05) is 74.6 Å². The Kier molecular flexibility index (Phi) is 7.09. The Morgan fingerprint density at radius 3 is 2.43 bits per heavy atom. The predicted octanol–water partition coefficient (Wildman–Crippen LogP) is 2.72. The van der Waals surface area contributed by atoms with Crippen LogP contribution in [-0.2, 0) is 22.7 Å². The number of nitrogens with zero attached hydrogens (tertiary/aromatic N) is 5. The maximum Gasteiger partial charge on any atom is 0.408 e. The monoisotopic (exact) mass is 408 g/mol. The average molecular weight is 408 g/mol. The first-order chi connectivity index (χ1) is 14.6. The highest BCUT2D eigenvalue weighted by atomic mass is 16.5. The molecule has 0 radical (unpaired) electrons. The van der Waals surface area contributed by atoms with E-state index in [0.29, 0.717) is 12.4 Å². The van der Waals surface area contributed by atoms with Crippen molar-refractivity contribution >= 4 is 23.5 Å². The van der Waals surface area contributed by atoms with E-state index in [1.54, 1.807) is 4.90 Å². The van der Waals surface area contributed by atoms with Gasteiger partial charge in [0.15, 0.2) is 5.78 Å². The van der Waals surface area contributed by atoms with Gasteiger partial charge in [-0.05, 0) is 29.3 Å². The Morgan fingerprint density at radius 1 is 1.10 bits per heavy atom. The summed E-state index contributed by atoms with van der Waals surface area (Å²) in [6.07, 6.45) is -0.222. The molecule has 1 heterocycles. The highest BCUT2D eigenvalue weighted by molar-refractivity contribution is 5.87. The molecule has 1 unspecified atom stereocenters. The average Bonchev–Trinajstić information content (AvgIpc) is 3.25. The largest absolute Gasteiger partial charge is 0.445 e. The second-order valence-electron chi connectivity index (χ2n) is 6.65. The fourth-order valence-corrected chi connectivity index (χ4v) is 2.77. The van der Waals surface area contributed by atoms with Gasteiger partial charge in [0.1, 0.15) is 13.2 Å². The maximum absolute atomic E-state index is 12.6. The van der Waals surface area contributed by atoms with Crippen molar-refractivity contribution < 1.29 is 14.3 Å². The molecule has 0 aliphatic carbocycles. The van der Waals surface area contributed by atoms with E-state index in [4.69, 9.17) is 4.74 Å². The molecule has 1 N–H and O–H groups in total. The number of rotatable bonds is 9. The molecule has 1 amide bonds. The number of tetrazole rings is 1. The summed E-state index contributed by atoms with van der Waals surface area (Å²) >= 11 is 0. The summed E-state index contributed by atoms with van der Waals surface area (Å²) in [4.78, 5) is 27.6. The molecule has 0 fully saturated rings. The van der Waals surface area contributed by atoms with Crippen LogP contribution < -0.4 is 10.2 Å². The van der Waals surface area contributed by atoms with E-state index in [9.17, 15) is 9.59 Å². The number of ether oxygens (including phenoxy) is 1. The van der Waals surface area contributed by atoms with Gasteiger partial charge in [-0.3, -0.25) is 4.79 Å². The van der Waals surface area contributed by atoms with E-state index in [2.05, 4.69) is 20.7 Å². The molecule has 0 spiro atoms. The second kappa shape index (κ2) is 10.1. The molecule has 0 saturated carbocycles. The highest BCUT2D eigenvalue weighted by Gasteiger charge is 2.21. The van der Waals surface area contributed by atoms with Crippen LogP contribution in [-0.4, -0.2) is 45.2 Å². The number of nitrogens with one attached hydrogen (secondary N) is 1. The van der Waals surface area contributed by atoms with Crippen molar-refractivity contribution in [3.63, 3.8) is 0 Å². The van der Waals surface area contributed by atoms with Gasteiger partial charge in [0.05, 0.1) is 6.04 Å². The van der Waals surface area contributed by atoms with E-state index in [1.165, 1.54) is 4.80 Å². The molecule has 156 valence electrons. The number of amides is 1. The van der Waals surface area contributed by atoms with Crippen molar-refractivity contribution in [2.24, 2.45) is 0 Å². The van der Waals surface area contributed by atoms with E-state index in [-0.39, 0.29) is 18.9 Å². The molecule has 30 heavy (non-hydrogen) atoms. The third-order valence-corrected chi connectivity index (χ3v) is 4.48. The third-order valence-electron chi connectivity index (χ3n) is 4.48. The Morgan fingerprint density at radius 2 is 1.77 bits per heavy atom. The van der Waals surface area contributed by atoms with Crippen molar-refractivity contribution in [2.75, 3.05) is 11.9 Å². The molecule has 3 rings (SSSR count).